The Morgan fingerprint density at radius 1 is 1.00 bits per heavy atom. The van der Waals surface area contributed by atoms with Gasteiger partial charge in [0, 0.05) is 31.1 Å². The average molecular weight is 538 g/mol. The molecule has 0 unspecified atom stereocenters. The smallest absolute Gasteiger partial charge is 0.243 e. The minimum Gasteiger partial charge on any atom is -0.350 e. The molecule has 0 saturated heterocycles. The van der Waals surface area contributed by atoms with Crippen molar-refractivity contribution in [2.75, 3.05) is 23.7 Å². The number of hydrogen-bond acceptors (Lipinski definition) is 4. The second-order valence-corrected chi connectivity index (χ2v) is 11.9. The van der Waals surface area contributed by atoms with E-state index >= 15 is 0 Å². The van der Waals surface area contributed by atoms with Gasteiger partial charge in [-0.15, -0.1) is 0 Å². The molecule has 0 bridgehead atoms. The van der Waals surface area contributed by atoms with Crippen LogP contribution in [0, 0.1) is 11.6 Å². The molecule has 0 radical (unpaired) electrons. The third-order valence-corrected chi connectivity index (χ3v) is 6.91. The number of carbonyl (C=O) groups excluding carboxylic acids is 2. The fraction of sp³-hybridized carbons (Fsp3) is 0.481. The second-order valence-electron chi connectivity index (χ2n) is 10.0. The summed E-state index contributed by atoms with van der Waals surface area (Å²) in [6.07, 6.45) is 2.03. The van der Waals surface area contributed by atoms with E-state index in [0.29, 0.717) is 19.4 Å². The van der Waals surface area contributed by atoms with Gasteiger partial charge in [-0.3, -0.25) is 13.9 Å². The van der Waals surface area contributed by atoms with E-state index in [-0.39, 0.29) is 36.9 Å². The highest BCUT2D eigenvalue weighted by Crippen LogP contribution is 2.22. The van der Waals surface area contributed by atoms with E-state index in [2.05, 4.69) is 5.32 Å². The van der Waals surface area contributed by atoms with E-state index in [1.807, 2.05) is 58.0 Å². The molecular formula is C27H37F2N3O4S. The van der Waals surface area contributed by atoms with Crippen LogP contribution in [0.2, 0.25) is 0 Å². The molecule has 2 amide bonds. The van der Waals surface area contributed by atoms with Gasteiger partial charge < -0.3 is 10.2 Å². The number of nitrogens with zero attached hydrogens (tertiary/aromatic N) is 2. The van der Waals surface area contributed by atoms with Crippen LogP contribution in [0.3, 0.4) is 0 Å². The molecule has 7 nitrogen and oxygen atoms in total. The number of hydrogen-bond donors (Lipinski definition) is 1. The van der Waals surface area contributed by atoms with Crippen molar-refractivity contribution in [1.82, 2.24) is 10.2 Å². The van der Waals surface area contributed by atoms with Crippen LogP contribution in [0.1, 0.15) is 52.5 Å². The Balaban J connectivity index is 2.19. The van der Waals surface area contributed by atoms with Crippen molar-refractivity contribution in [3.63, 3.8) is 0 Å². The van der Waals surface area contributed by atoms with Gasteiger partial charge in [0.1, 0.15) is 6.04 Å². The van der Waals surface area contributed by atoms with Gasteiger partial charge in [-0.25, -0.2) is 17.2 Å². The summed E-state index contributed by atoms with van der Waals surface area (Å²) in [4.78, 5) is 28.0. The normalized spacial score (nSPS) is 12.6. The number of rotatable bonds is 12. The highest BCUT2D eigenvalue weighted by molar-refractivity contribution is 7.92. The molecule has 204 valence electrons. The first kappa shape index (κ1) is 30.2. The van der Waals surface area contributed by atoms with Crippen LogP contribution in [-0.2, 0) is 26.0 Å². The van der Waals surface area contributed by atoms with Crippen molar-refractivity contribution in [2.24, 2.45) is 0 Å². The quantitative estimate of drug-likeness (QED) is 0.438. The average Bonchev–Trinajstić information content (AvgIpc) is 2.80. The Labute approximate surface area is 218 Å². The Kier molecular flexibility index (Phi) is 10.6. The van der Waals surface area contributed by atoms with Crippen LogP contribution in [0.25, 0.3) is 0 Å². The lowest BCUT2D eigenvalue weighted by atomic mass is 10.0. The number of carbonyl (C=O) groups is 2. The number of amides is 2. The summed E-state index contributed by atoms with van der Waals surface area (Å²) in [5, 5.41) is 2.94. The zero-order valence-electron chi connectivity index (χ0n) is 22.1. The van der Waals surface area contributed by atoms with E-state index in [1.54, 1.807) is 4.90 Å². The molecule has 2 aromatic carbocycles. The molecule has 2 aromatic rings. The molecule has 2 rings (SSSR count). The van der Waals surface area contributed by atoms with Crippen LogP contribution >= 0.6 is 0 Å². The molecule has 0 heterocycles. The SMILES string of the molecule is CC[C@@H](C(=O)NC(C)(C)C)N(CCc1ccccc1)C(=O)CCCN(c1ccc(F)c(F)c1)S(C)(=O)=O. The second kappa shape index (κ2) is 13.0. The van der Waals surface area contributed by atoms with Crippen LogP contribution in [0.15, 0.2) is 48.5 Å². The third-order valence-electron chi connectivity index (χ3n) is 5.71. The summed E-state index contributed by atoms with van der Waals surface area (Å²) < 4.78 is 52.7. The molecule has 37 heavy (non-hydrogen) atoms. The van der Waals surface area contributed by atoms with Gasteiger partial charge >= 0.3 is 0 Å². The number of anilines is 1. The molecule has 0 aromatic heterocycles. The summed E-state index contributed by atoms with van der Waals surface area (Å²) in [6.45, 7) is 7.65. The van der Waals surface area contributed by atoms with Crippen molar-refractivity contribution >= 4 is 27.5 Å². The zero-order chi connectivity index (χ0) is 27.8. The topological polar surface area (TPSA) is 86.8 Å². The van der Waals surface area contributed by atoms with Gasteiger partial charge in [0.15, 0.2) is 11.6 Å². The van der Waals surface area contributed by atoms with Gasteiger partial charge in [0.05, 0.1) is 11.9 Å². The minimum absolute atomic E-state index is 0.0224. The lowest BCUT2D eigenvalue weighted by Gasteiger charge is -2.33. The van der Waals surface area contributed by atoms with Crippen LogP contribution in [0.5, 0.6) is 0 Å². The number of sulfonamides is 1. The third kappa shape index (κ3) is 9.42. The molecule has 1 N–H and O–H groups in total. The van der Waals surface area contributed by atoms with Gasteiger partial charge in [0.25, 0.3) is 0 Å². The van der Waals surface area contributed by atoms with Gasteiger partial charge in [-0.2, -0.15) is 0 Å². The summed E-state index contributed by atoms with van der Waals surface area (Å²) in [5.41, 5.74) is 0.526. The first-order chi connectivity index (χ1) is 17.2. The van der Waals surface area contributed by atoms with Gasteiger partial charge in [0.2, 0.25) is 21.8 Å². The maximum Gasteiger partial charge on any atom is 0.243 e. The van der Waals surface area contributed by atoms with E-state index in [9.17, 15) is 26.8 Å². The Morgan fingerprint density at radius 3 is 2.19 bits per heavy atom. The van der Waals surface area contributed by atoms with E-state index in [4.69, 9.17) is 0 Å². The van der Waals surface area contributed by atoms with E-state index in [1.165, 1.54) is 6.07 Å². The lowest BCUT2D eigenvalue weighted by Crippen LogP contribution is -2.54. The molecule has 1 atom stereocenters. The molecule has 0 saturated carbocycles. The Bertz CT molecular complexity index is 1170. The standard InChI is InChI=1S/C27H37F2N3O4S/c1-6-24(26(34)30-27(2,3)4)31(18-16-20-11-8-7-9-12-20)25(33)13-10-17-32(37(5,35)36)21-14-15-22(28)23(29)19-21/h7-9,11-12,14-15,19,24H,6,10,13,16-18H2,1-5H3,(H,30,34)/t24-/m0/s1. The van der Waals surface area contributed by atoms with Gasteiger partial charge in [-0.05, 0) is 57.7 Å². The molecule has 10 heteroatoms. The van der Waals surface area contributed by atoms with Crippen molar-refractivity contribution < 1.29 is 26.8 Å². The summed E-state index contributed by atoms with van der Waals surface area (Å²) in [5.74, 6) is -2.79. The minimum atomic E-state index is -3.81. The molecule has 0 fully saturated rings. The predicted molar refractivity (Wildman–Crippen MR) is 142 cm³/mol. The van der Waals surface area contributed by atoms with Crippen molar-refractivity contribution in [3.8, 4) is 0 Å². The first-order valence-electron chi connectivity index (χ1n) is 12.3. The van der Waals surface area contributed by atoms with Crippen LogP contribution in [-0.4, -0.2) is 56.1 Å². The maximum absolute atomic E-state index is 13.7. The monoisotopic (exact) mass is 537 g/mol. The zero-order valence-corrected chi connectivity index (χ0v) is 22.9. The molecular weight excluding hydrogens is 500 g/mol. The molecule has 0 aliphatic heterocycles. The maximum atomic E-state index is 13.7. The fourth-order valence-corrected chi connectivity index (χ4v) is 4.95. The highest BCUT2D eigenvalue weighted by Gasteiger charge is 2.30. The van der Waals surface area contributed by atoms with Crippen molar-refractivity contribution in [2.45, 2.75) is 65.0 Å². The van der Waals surface area contributed by atoms with Crippen LogP contribution < -0.4 is 9.62 Å². The summed E-state index contributed by atoms with van der Waals surface area (Å²) in [7, 11) is -3.81. The fourth-order valence-electron chi connectivity index (χ4n) is 3.99. The Hall–Kier alpha value is -3.01. The van der Waals surface area contributed by atoms with E-state index in [0.717, 1.165) is 28.3 Å². The lowest BCUT2D eigenvalue weighted by molar-refractivity contribution is -0.141. The number of nitrogens with one attached hydrogen (secondary N) is 1. The predicted octanol–water partition coefficient (Wildman–Crippen LogP) is 4.28. The largest absolute Gasteiger partial charge is 0.350 e. The number of benzene rings is 2. The molecule has 0 spiro atoms. The first-order valence-corrected chi connectivity index (χ1v) is 14.2. The van der Waals surface area contributed by atoms with E-state index < -0.39 is 33.2 Å². The summed E-state index contributed by atoms with van der Waals surface area (Å²) >= 11 is 0. The Morgan fingerprint density at radius 2 is 1.65 bits per heavy atom. The highest BCUT2D eigenvalue weighted by atomic mass is 32.2. The molecule has 0 aliphatic carbocycles. The summed E-state index contributed by atoms with van der Waals surface area (Å²) in [6, 6.07) is 11.8. The number of halogens is 2. The van der Waals surface area contributed by atoms with Gasteiger partial charge in [-0.1, -0.05) is 37.3 Å². The molecule has 0 aliphatic rings. The van der Waals surface area contributed by atoms with Crippen molar-refractivity contribution in [3.05, 3.63) is 65.7 Å². The van der Waals surface area contributed by atoms with Crippen molar-refractivity contribution in [1.29, 1.82) is 0 Å². The van der Waals surface area contributed by atoms with Crippen LogP contribution in [0.4, 0.5) is 14.5 Å².